The Morgan fingerprint density at radius 1 is 1.26 bits per heavy atom. The fraction of sp³-hybridized carbons (Fsp3) is 0.158. The van der Waals surface area contributed by atoms with E-state index in [0.29, 0.717) is 6.54 Å². The number of rotatable bonds is 2. The molecule has 4 heteroatoms. The Balaban J connectivity index is 2.17. The topological polar surface area (TPSA) is 44.1 Å². The first-order valence-corrected chi connectivity index (χ1v) is 7.27. The lowest BCUT2D eigenvalue weighted by Crippen LogP contribution is -2.01. The third-order valence-corrected chi connectivity index (χ3v) is 3.77. The van der Waals surface area contributed by atoms with Crippen LogP contribution in [0.15, 0.2) is 48.8 Å². The molecule has 0 unspecified atom stereocenters. The first kappa shape index (κ1) is 14.9. The highest BCUT2D eigenvalue weighted by molar-refractivity contribution is 5.92. The van der Waals surface area contributed by atoms with Gasteiger partial charge in [-0.2, -0.15) is 0 Å². The summed E-state index contributed by atoms with van der Waals surface area (Å²) in [6, 6.07) is 12.1. The van der Waals surface area contributed by atoms with Crippen molar-refractivity contribution in [2.45, 2.75) is 13.5 Å². The van der Waals surface area contributed by atoms with E-state index >= 15 is 0 Å². The Labute approximate surface area is 134 Å². The van der Waals surface area contributed by atoms with Gasteiger partial charge in [0.05, 0.1) is 19.3 Å². The highest BCUT2D eigenvalue weighted by atomic mass is 16.5. The lowest BCUT2D eigenvalue weighted by molar-refractivity contribution is -0.133. The molecule has 0 saturated heterocycles. The van der Waals surface area contributed by atoms with Gasteiger partial charge >= 0.3 is 5.97 Å². The third-order valence-electron chi connectivity index (χ3n) is 3.77. The van der Waals surface area contributed by atoms with Gasteiger partial charge in [0.1, 0.15) is 0 Å². The molecule has 0 radical (unpaired) electrons. The zero-order chi connectivity index (χ0) is 16.2. The number of carbonyl (C=O) groups excluding carboxylic acids is 1. The highest BCUT2D eigenvalue weighted by Crippen LogP contribution is 2.32. The number of ether oxygens (including phenoxy) is 1. The van der Waals surface area contributed by atoms with Gasteiger partial charge in [0.15, 0.2) is 0 Å². The molecular weight excluding hydrogens is 288 g/mol. The third kappa shape index (κ3) is 2.82. The number of para-hydroxylation sites is 1. The first-order valence-electron chi connectivity index (χ1n) is 7.27. The quantitative estimate of drug-likeness (QED) is 0.415. The molecule has 0 saturated carbocycles. The van der Waals surface area contributed by atoms with E-state index in [1.165, 1.54) is 18.1 Å². The van der Waals surface area contributed by atoms with Crippen LogP contribution in [0.2, 0.25) is 0 Å². The molecule has 3 rings (SSSR count). The van der Waals surface area contributed by atoms with E-state index in [4.69, 9.17) is 0 Å². The molecule has 0 aliphatic carbocycles. The largest absolute Gasteiger partial charge is 0.459 e. The van der Waals surface area contributed by atoms with Crippen LogP contribution in [0.1, 0.15) is 5.56 Å². The molecule has 0 N–H and O–H groups in total. The number of benzene rings is 1. The summed E-state index contributed by atoms with van der Waals surface area (Å²) in [5.41, 5.74) is 4.36. The standard InChI is InChI=1S/C19H16N2O2/c1-14-16-8-3-4-9-17(16)21(12-6-10-18(22)23-2)19(14)15-7-5-11-20-13-15/h3-5,7-9,11,13H,12H2,1-2H3. The summed E-state index contributed by atoms with van der Waals surface area (Å²) < 4.78 is 6.67. The maximum Gasteiger partial charge on any atom is 0.384 e. The number of esters is 1. The van der Waals surface area contributed by atoms with Crippen LogP contribution < -0.4 is 0 Å². The number of aromatic nitrogens is 2. The Kier molecular flexibility index (Phi) is 4.11. The summed E-state index contributed by atoms with van der Waals surface area (Å²) in [6.07, 6.45) is 3.59. The van der Waals surface area contributed by atoms with Crippen molar-refractivity contribution in [2.75, 3.05) is 7.11 Å². The SMILES string of the molecule is COC(=O)C#CCn1c(-c2cccnc2)c(C)c2ccccc21. The molecule has 0 atom stereocenters. The predicted octanol–water partition coefficient (Wildman–Crippen LogP) is 3.19. The van der Waals surface area contributed by atoms with Crippen LogP contribution in [0.5, 0.6) is 0 Å². The minimum absolute atomic E-state index is 0.410. The molecule has 0 aliphatic rings. The molecule has 3 aromatic rings. The van der Waals surface area contributed by atoms with Crippen LogP contribution in [-0.4, -0.2) is 22.6 Å². The minimum Gasteiger partial charge on any atom is -0.459 e. The van der Waals surface area contributed by atoms with E-state index in [-0.39, 0.29) is 0 Å². The van der Waals surface area contributed by atoms with Gasteiger partial charge in [0, 0.05) is 34.8 Å². The molecule has 0 amide bonds. The summed E-state index contributed by atoms with van der Waals surface area (Å²) in [4.78, 5) is 15.4. The van der Waals surface area contributed by atoms with E-state index in [2.05, 4.69) is 45.2 Å². The normalized spacial score (nSPS) is 10.2. The summed E-state index contributed by atoms with van der Waals surface area (Å²) in [5.74, 6) is 4.85. The second-order valence-corrected chi connectivity index (χ2v) is 5.11. The average Bonchev–Trinajstić information content (AvgIpc) is 2.88. The fourth-order valence-corrected chi connectivity index (χ4v) is 2.76. The molecular formula is C19H16N2O2. The van der Waals surface area contributed by atoms with Crippen LogP contribution >= 0.6 is 0 Å². The van der Waals surface area contributed by atoms with Crippen molar-refractivity contribution in [3.8, 4) is 23.1 Å². The Bertz CT molecular complexity index is 915. The number of nitrogens with zero attached hydrogens (tertiary/aromatic N) is 2. The highest BCUT2D eigenvalue weighted by Gasteiger charge is 2.14. The summed E-state index contributed by atoms with van der Waals surface area (Å²) in [7, 11) is 1.33. The maximum atomic E-state index is 11.2. The van der Waals surface area contributed by atoms with Crippen LogP contribution in [0.25, 0.3) is 22.2 Å². The molecule has 0 aliphatic heterocycles. The second kappa shape index (κ2) is 6.37. The van der Waals surface area contributed by atoms with Gasteiger partial charge in [-0.05, 0) is 30.7 Å². The number of hydrogen-bond donors (Lipinski definition) is 0. The molecule has 0 spiro atoms. The minimum atomic E-state index is -0.527. The molecule has 23 heavy (non-hydrogen) atoms. The maximum absolute atomic E-state index is 11.2. The van der Waals surface area contributed by atoms with Crippen molar-refractivity contribution in [3.63, 3.8) is 0 Å². The van der Waals surface area contributed by atoms with Crippen molar-refractivity contribution in [3.05, 3.63) is 54.4 Å². The van der Waals surface area contributed by atoms with Gasteiger partial charge in [-0.15, -0.1) is 0 Å². The summed E-state index contributed by atoms with van der Waals surface area (Å²) in [6.45, 7) is 2.50. The van der Waals surface area contributed by atoms with Crippen molar-refractivity contribution in [1.82, 2.24) is 9.55 Å². The smallest absolute Gasteiger partial charge is 0.384 e. The zero-order valence-electron chi connectivity index (χ0n) is 13.0. The van der Waals surface area contributed by atoms with Gasteiger partial charge < -0.3 is 9.30 Å². The van der Waals surface area contributed by atoms with Crippen LogP contribution in [0, 0.1) is 18.8 Å². The summed E-state index contributed by atoms with van der Waals surface area (Å²) >= 11 is 0. The number of hydrogen-bond acceptors (Lipinski definition) is 3. The van der Waals surface area contributed by atoms with Gasteiger partial charge in [0.2, 0.25) is 0 Å². The predicted molar refractivity (Wildman–Crippen MR) is 89.7 cm³/mol. The zero-order valence-corrected chi connectivity index (χ0v) is 13.0. The molecule has 2 heterocycles. The molecule has 2 aromatic heterocycles. The van der Waals surface area contributed by atoms with Crippen LogP contribution in [0.4, 0.5) is 0 Å². The lowest BCUT2D eigenvalue weighted by atomic mass is 10.1. The van der Waals surface area contributed by atoms with E-state index < -0.39 is 5.97 Å². The lowest BCUT2D eigenvalue weighted by Gasteiger charge is -2.08. The van der Waals surface area contributed by atoms with E-state index in [0.717, 1.165) is 16.8 Å². The number of fused-ring (bicyclic) bond motifs is 1. The molecule has 0 fully saturated rings. The number of methoxy groups -OCH3 is 1. The van der Waals surface area contributed by atoms with Gasteiger partial charge in [-0.25, -0.2) is 4.79 Å². The Hall–Kier alpha value is -3.06. The van der Waals surface area contributed by atoms with Gasteiger partial charge in [-0.3, -0.25) is 4.98 Å². The molecule has 1 aromatic carbocycles. The average molecular weight is 304 g/mol. The molecule has 0 bridgehead atoms. The van der Waals surface area contributed by atoms with Crippen molar-refractivity contribution in [1.29, 1.82) is 0 Å². The number of carbonyl (C=O) groups is 1. The van der Waals surface area contributed by atoms with Crippen molar-refractivity contribution in [2.24, 2.45) is 0 Å². The Morgan fingerprint density at radius 3 is 2.83 bits per heavy atom. The molecule has 114 valence electrons. The van der Waals surface area contributed by atoms with Crippen molar-refractivity contribution < 1.29 is 9.53 Å². The van der Waals surface area contributed by atoms with Crippen LogP contribution in [0.3, 0.4) is 0 Å². The fourth-order valence-electron chi connectivity index (χ4n) is 2.76. The van der Waals surface area contributed by atoms with Crippen molar-refractivity contribution >= 4 is 16.9 Å². The number of pyridine rings is 1. The summed E-state index contributed by atoms with van der Waals surface area (Å²) in [5, 5.41) is 1.17. The van der Waals surface area contributed by atoms with Gasteiger partial charge in [0.25, 0.3) is 0 Å². The number of aryl methyl sites for hydroxylation is 1. The Morgan fingerprint density at radius 2 is 2.09 bits per heavy atom. The van der Waals surface area contributed by atoms with E-state index in [9.17, 15) is 4.79 Å². The van der Waals surface area contributed by atoms with Crippen LogP contribution in [-0.2, 0) is 16.1 Å². The van der Waals surface area contributed by atoms with E-state index in [1.54, 1.807) is 6.20 Å². The second-order valence-electron chi connectivity index (χ2n) is 5.11. The van der Waals surface area contributed by atoms with E-state index in [1.807, 2.05) is 30.5 Å². The first-order chi connectivity index (χ1) is 11.2. The van der Waals surface area contributed by atoms with Gasteiger partial charge in [-0.1, -0.05) is 24.1 Å². The molecule has 4 nitrogen and oxygen atoms in total. The monoisotopic (exact) mass is 304 g/mol.